The summed E-state index contributed by atoms with van der Waals surface area (Å²) >= 11 is 1.26. The van der Waals surface area contributed by atoms with Crippen molar-refractivity contribution in [3.63, 3.8) is 0 Å². The Balaban J connectivity index is 1.35. The number of carbonyl (C=O) groups is 2. The van der Waals surface area contributed by atoms with E-state index >= 15 is 0 Å². The number of benzene rings is 4. The molecule has 1 saturated heterocycles. The number of aromatic nitrogens is 1. The number of Topliss-reactive ketones (excluding diaryl/α,β-unsaturated/α-hetero) is 1. The quantitative estimate of drug-likeness (QED) is 0.131. The normalized spacial score (nSPS) is 17.2. The molecule has 7 rings (SSSR count). The predicted octanol–water partition coefficient (Wildman–Crippen LogP) is 6.28. The Kier molecular flexibility index (Phi) is 7.11. The molecule has 0 radical (unpaired) electrons. The fraction of sp³-hybridized carbons (Fsp3) is 0.147. The van der Waals surface area contributed by atoms with Crippen molar-refractivity contribution in [1.29, 1.82) is 0 Å². The van der Waals surface area contributed by atoms with Crippen molar-refractivity contribution in [3.8, 4) is 23.0 Å². The number of hydrogen-bond donors (Lipinski definition) is 1. The average Bonchev–Trinajstić information content (AvgIpc) is 3.61. The number of thiazole rings is 1. The van der Waals surface area contributed by atoms with E-state index in [1.165, 1.54) is 16.2 Å². The number of methoxy groups -OCH3 is 1. The zero-order chi connectivity index (χ0) is 30.2. The molecule has 1 amide bonds. The Bertz CT molecular complexity index is 1940. The maximum atomic E-state index is 13.8. The minimum atomic E-state index is -0.981. The molecule has 1 atom stereocenters. The molecule has 9 nitrogen and oxygen atoms in total. The lowest BCUT2D eigenvalue weighted by molar-refractivity contribution is -0.132. The highest BCUT2D eigenvalue weighted by Crippen LogP contribution is 2.46. The monoisotopic (exact) mass is 606 g/mol. The van der Waals surface area contributed by atoms with Crippen LogP contribution in [-0.2, 0) is 16.2 Å². The molecule has 44 heavy (non-hydrogen) atoms. The maximum absolute atomic E-state index is 13.8. The van der Waals surface area contributed by atoms with Gasteiger partial charge in [-0.2, -0.15) is 0 Å². The third-order valence-electron chi connectivity index (χ3n) is 7.47. The van der Waals surface area contributed by atoms with Crippen molar-refractivity contribution in [1.82, 2.24) is 4.98 Å². The molecular weight excluding hydrogens is 580 g/mol. The van der Waals surface area contributed by atoms with Gasteiger partial charge in [-0.15, -0.1) is 0 Å². The molecule has 1 fully saturated rings. The molecule has 2 aliphatic rings. The number of ether oxygens (including phenoxy) is 4. The lowest BCUT2D eigenvalue weighted by atomic mass is 9.95. The van der Waals surface area contributed by atoms with Gasteiger partial charge in [0.15, 0.2) is 16.6 Å². The largest absolute Gasteiger partial charge is 0.507 e. The van der Waals surface area contributed by atoms with Crippen molar-refractivity contribution in [2.75, 3.05) is 25.2 Å². The van der Waals surface area contributed by atoms with Gasteiger partial charge in [0.1, 0.15) is 37.1 Å². The molecule has 0 spiro atoms. The van der Waals surface area contributed by atoms with Crippen LogP contribution < -0.4 is 23.8 Å². The maximum Gasteiger partial charge on any atom is 0.301 e. The summed E-state index contributed by atoms with van der Waals surface area (Å²) in [7, 11) is 1.58. The Morgan fingerprint density at radius 1 is 0.932 bits per heavy atom. The van der Waals surface area contributed by atoms with E-state index in [-0.39, 0.29) is 11.3 Å². The van der Waals surface area contributed by atoms with Crippen molar-refractivity contribution >= 4 is 44.1 Å². The fourth-order valence-electron chi connectivity index (χ4n) is 5.33. The molecule has 5 aromatic rings. The Hall–Kier alpha value is -5.35. The molecule has 4 aromatic carbocycles. The lowest BCUT2D eigenvalue weighted by Crippen LogP contribution is -2.29. The van der Waals surface area contributed by atoms with Crippen molar-refractivity contribution in [2.24, 2.45) is 0 Å². The number of fused-ring (bicyclic) bond motifs is 2. The molecule has 1 aromatic heterocycles. The fourth-order valence-corrected chi connectivity index (χ4v) is 6.35. The number of ketones is 1. The van der Waals surface area contributed by atoms with Crippen LogP contribution in [0.15, 0.2) is 96.6 Å². The Morgan fingerprint density at radius 2 is 1.75 bits per heavy atom. The smallest absolute Gasteiger partial charge is 0.301 e. The first-order valence-electron chi connectivity index (χ1n) is 13.9. The number of aliphatic hydroxyl groups excluding tert-OH is 1. The van der Waals surface area contributed by atoms with E-state index in [4.69, 9.17) is 23.9 Å². The number of hydrogen-bond acceptors (Lipinski definition) is 9. The zero-order valence-corrected chi connectivity index (χ0v) is 24.4. The number of rotatable bonds is 7. The van der Waals surface area contributed by atoms with Gasteiger partial charge in [-0.1, -0.05) is 53.8 Å². The number of amides is 1. The standard InChI is InChI=1S/C34H26N2O7S/c1-40-23-11-12-25-28(18-23)44-34(35-25)36-30(21-8-5-9-24(16-21)43-19-20-6-3-2-4-7-20)29(32(38)33(36)39)31(37)22-10-13-26-27(17-22)42-15-14-41-26/h2-13,16-18,30,37H,14-15,19H2,1H3/b31-29+. The molecule has 220 valence electrons. The minimum absolute atomic E-state index is 0.0660. The van der Waals surface area contributed by atoms with E-state index in [0.29, 0.717) is 64.6 Å². The molecule has 1 N–H and O–H groups in total. The summed E-state index contributed by atoms with van der Waals surface area (Å²) < 4.78 is 23.5. The number of carbonyl (C=O) groups excluding carboxylic acids is 2. The highest BCUT2D eigenvalue weighted by Gasteiger charge is 2.48. The first kappa shape index (κ1) is 27.5. The van der Waals surface area contributed by atoms with Crippen molar-refractivity contribution < 1.29 is 33.6 Å². The van der Waals surface area contributed by atoms with Crippen LogP contribution in [-0.4, -0.2) is 42.1 Å². The summed E-state index contributed by atoms with van der Waals surface area (Å²) in [6.07, 6.45) is 0. The molecular formula is C34H26N2O7S. The van der Waals surface area contributed by atoms with Crippen LogP contribution in [0.5, 0.6) is 23.0 Å². The summed E-state index contributed by atoms with van der Waals surface area (Å²) in [5, 5.41) is 12.0. The number of aliphatic hydroxyl groups is 1. The molecule has 10 heteroatoms. The predicted molar refractivity (Wildman–Crippen MR) is 166 cm³/mol. The van der Waals surface area contributed by atoms with Gasteiger partial charge in [-0.25, -0.2) is 4.98 Å². The van der Waals surface area contributed by atoms with Crippen LogP contribution in [0.25, 0.3) is 16.0 Å². The molecule has 0 bridgehead atoms. The van der Waals surface area contributed by atoms with Crippen LogP contribution in [0.2, 0.25) is 0 Å². The molecule has 2 aliphatic heterocycles. The van der Waals surface area contributed by atoms with Crippen LogP contribution >= 0.6 is 11.3 Å². The second-order valence-electron chi connectivity index (χ2n) is 10.2. The summed E-state index contributed by atoms with van der Waals surface area (Å²) in [6, 6.07) is 26.3. The third-order valence-corrected chi connectivity index (χ3v) is 8.49. The van der Waals surface area contributed by atoms with Gasteiger partial charge in [-0.3, -0.25) is 14.5 Å². The second-order valence-corrected chi connectivity index (χ2v) is 11.2. The van der Waals surface area contributed by atoms with E-state index in [2.05, 4.69) is 0 Å². The highest BCUT2D eigenvalue weighted by atomic mass is 32.1. The summed E-state index contributed by atoms with van der Waals surface area (Å²) in [6.45, 7) is 1.11. The number of anilines is 1. The van der Waals surface area contributed by atoms with E-state index in [9.17, 15) is 14.7 Å². The van der Waals surface area contributed by atoms with Crippen LogP contribution in [0.4, 0.5) is 5.13 Å². The molecule has 1 unspecified atom stereocenters. The van der Waals surface area contributed by atoms with Crippen LogP contribution in [0, 0.1) is 0 Å². The topological polar surface area (TPSA) is 107 Å². The van der Waals surface area contributed by atoms with Gasteiger partial charge in [0, 0.05) is 5.56 Å². The molecule has 3 heterocycles. The summed E-state index contributed by atoms with van der Waals surface area (Å²) in [5.74, 6) is 0.232. The summed E-state index contributed by atoms with van der Waals surface area (Å²) in [5.41, 5.74) is 2.47. The summed E-state index contributed by atoms with van der Waals surface area (Å²) in [4.78, 5) is 33.6. The van der Waals surface area contributed by atoms with Gasteiger partial charge >= 0.3 is 5.91 Å². The van der Waals surface area contributed by atoms with Gasteiger partial charge in [0.2, 0.25) is 0 Å². The van der Waals surface area contributed by atoms with Gasteiger partial charge in [0.05, 0.1) is 28.9 Å². The van der Waals surface area contributed by atoms with Gasteiger partial charge < -0.3 is 24.1 Å². The van der Waals surface area contributed by atoms with Gasteiger partial charge in [-0.05, 0) is 59.7 Å². The lowest BCUT2D eigenvalue weighted by Gasteiger charge is -2.24. The van der Waals surface area contributed by atoms with Crippen LogP contribution in [0.3, 0.4) is 0 Å². The van der Waals surface area contributed by atoms with Crippen molar-refractivity contribution in [2.45, 2.75) is 12.6 Å². The Labute approximate surface area is 256 Å². The van der Waals surface area contributed by atoms with E-state index in [1.807, 2.05) is 42.5 Å². The SMILES string of the molecule is COc1ccc2nc(N3C(=O)C(=O)/C(=C(/O)c4ccc5c(c4)OCCO5)C3c3cccc(OCc4ccccc4)c3)sc2c1. The van der Waals surface area contributed by atoms with E-state index in [1.54, 1.807) is 55.6 Å². The third kappa shape index (κ3) is 4.99. The zero-order valence-electron chi connectivity index (χ0n) is 23.6. The number of nitrogens with zero attached hydrogens (tertiary/aromatic N) is 2. The van der Waals surface area contributed by atoms with E-state index in [0.717, 1.165) is 10.3 Å². The second kappa shape index (κ2) is 11.4. The highest BCUT2D eigenvalue weighted by molar-refractivity contribution is 7.22. The molecule has 0 saturated carbocycles. The minimum Gasteiger partial charge on any atom is -0.507 e. The average molecular weight is 607 g/mol. The first-order valence-corrected chi connectivity index (χ1v) is 14.7. The van der Waals surface area contributed by atoms with Crippen molar-refractivity contribution in [3.05, 3.63) is 113 Å². The first-order chi connectivity index (χ1) is 21.5. The van der Waals surface area contributed by atoms with Gasteiger partial charge in [0.25, 0.3) is 5.78 Å². The van der Waals surface area contributed by atoms with Crippen LogP contribution in [0.1, 0.15) is 22.7 Å². The Morgan fingerprint density at radius 3 is 2.57 bits per heavy atom. The van der Waals surface area contributed by atoms with E-state index < -0.39 is 17.7 Å². The molecule has 0 aliphatic carbocycles.